The number of benzene rings is 1. The van der Waals surface area contributed by atoms with Crippen LogP contribution in [-0.2, 0) is 10.0 Å². The smallest absolute Gasteiger partial charge is 0.243 e. The molecule has 108 valence electrons. The van der Waals surface area contributed by atoms with E-state index in [9.17, 15) is 17.2 Å². The van der Waals surface area contributed by atoms with Crippen LogP contribution in [0.4, 0.5) is 8.78 Å². The zero-order chi connectivity index (χ0) is 13.4. The molecule has 1 aliphatic rings. The molecular formula is C11H15ClF2N2O2S. The van der Waals surface area contributed by atoms with Gasteiger partial charge in [0.1, 0.15) is 16.5 Å². The van der Waals surface area contributed by atoms with Crippen LogP contribution in [0.2, 0.25) is 0 Å². The molecule has 0 spiro atoms. The lowest BCUT2D eigenvalue weighted by molar-refractivity contribution is 0.251. The van der Waals surface area contributed by atoms with Crippen LogP contribution in [-0.4, -0.2) is 20.5 Å². The Labute approximate surface area is 116 Å². The molecule has 1 aromatic rings. The van der Waals surface area contributed by atoms with E-state index >= 15 is 0 Å². The molecule has 1 fully saturated rings. The molecule has 1 saturated carbocycles. The third kappa shape index (κ3) is 3.62. The van der Waals surface area contributed by atoms with Crippen molar-refractivity contribution in [2.45, 2.75) is 29.7 Å². The average molecular weight is 313 g/mol. The Balaban J connectivity index is 0.00000180. The lowest BCUT2D eigenvalue weighted by Gasteiger charge is -2.38. The molecule has 0 bridgehead atoms. The third-order valence-corrected chi connectivity index (χ3v) is 4.58. The van der Waals surface area contributed by atoms with E-state index in [1.54, 1.807) is 0 Å². The molecule has 0 unspecified atom stereocenters. The van der Waals surface area contributed by atoms with Crippen LogP contribution in [0.25, 0.3) is 0 Å². The van der Waals surface area contributed by atoms with E-state index < -0.39 is 32.1 Å². The quantitative estimate of drug-likeness (QED) is 0.886. The lowest BCUT2D eigenvalue weighted by atomic mass is 9.78. The maximum Gasteiger partial charge on any atom is 0.243 e. The van der Waals surface area contributed by atoms with Gasteiger partial charge in [-0.3, -0.25) is 0 Å². The third-order valence-electron chi connectivity index (χ3n) is 3.15. The van der Waals surface area contributed by atoms with Crippen LogP contribution in [0, 0.1) is 11.6 Å². The van der Waals surface area contributed by atoms with Gasteiger partial charge in [0.05, 0.1) is 0 Å². The van der Waals surface area contributed by atoms with E-state index in [1.165, 1.54) is 0 Å². The van der Waals surface area contributed by atoms with Gasteiger partial charge in [-0.2, -0.15) is 0 Å². The summed E-state index contributed by atoms with van der Waals surface area (Å²) in [6.07, 6.45) is 2.44. The summed E-state index contributed by atoms with van der Waals surface area (Å²) in [5, 5.41) is 0. The maximum absolute atomic E-state index is 13.4. The molecule has 0 amide bonds. The Hall–Kier alpha value is -0.760. The van der Waals surface area contributed by atoms with Crippen molar-refractivity contribution in [2.24, 2.45) is 5.73 Å². The Morgan fingerprint density at radius 3 is 2.42 bits per heavy atom. The van der Waals surface area contributed by atoms with Crippen molar-refractivity contribution in [2.75, 3.05) is 6.54 Å². The zero-order valence-corrected chi connectivity index (χ0v) is 11.7. The van der Waals surface area contributed by atoms with Gasteiger partial charge in [-0.05, 0) is 31.4 Å². The molecular weight excluding hydrogens is 298 g/mol. The Morgan fingerprint density at radius 2 is 1.95 bits per heavy atom. The van der Waals surface area contributed by atoms with Crippen molar-refractivity contribution in [3.8, 4) is 0 Å². The van der Waals surface area contributed by atoms with Crippen molar-refractivity contribution >= 4 is 22.4 Å². The highest BCUT2D eigenvalue weighted by Gasteiger charge is 2.34. The SMILES string of the molecule is Cl.NC1(CNS(=O)(=O)c2ccc(F)cc2F)CCC1. The molecule has 1 aliphatic carbocycles. The van der Waals surface area contributed by atoms with Crippen molar-refractivity contribution in [3.63, 3.8) is 0 Å². The van der Waals surface area contributed by atoms with Crippen molar-refractivity contribution in [1.29, 1.82) is 0 Å². The minimum atomic E-state index is -3.99. The van der Waals surface area contributed by atoms with Gasteiger partial charge < -0.3 is 5.73 Å². The summed E-state index contributed by atoms with van der Waals surface area (Å²) in [5.74, 6) is -1.93. The Kier molecular flexibility index (Phi) is 4.89. The van der Waals surface area contributed by atoms with E-state index in [0.717, 1.165) is 31.4 Å². The van der Waals surface area contributed by atoms with Gasteiger partial charge in [-0.1, -0.05) is 0 Å². The highest BCUT2D eigenvalue weighted by atomic mass is 35.5. The van der Waals surface area contributed by atoms with Gasteiger partial charge in [0, 0.05) is 18.2 Å². The Bertz CT molecular complexity index is 562. The summed E-state index contributed by atoms with van der Waals surface area (Å²) in [7, 11) is -3.99. The van der Waals surface area contributed by atoms with Gasteiger partial charge in [-0.25, -0.2) is 21.9 Å². The molecule has 8 heteroatoms. The number of halogens is 3. The van der Waals surface area contributed by atoms with E-state index in [1.807, 2.05) is 0 Å². The molecule has 4 nitrogen and oxygen atoms in total. The predicted octanol–water partition coefficient (Wildman–Crippen LogP) is 1.55. The number of nitrogens with one attached hydrogen (secondary N) is 1. The second-order valence-corrected chi connectivity index (χ2v) is 6.35. The van der Waals surface area contributed by atoms with Crippen LogP contribution in [0.1, 0.15) is 19.3 Å². The molecule has 0 aromatic heterocycles. The van der Waals surface area contributed by atoms with E-state index in [-0.39, 0.29) is 19.0 Å². The summed E-state index contributed by atoms with van der Waals surface area (Å²) < 4.78 is 52.0. The van der Waals surface area contributed by atoms with Gasteiger partial charge in [-0.15, -0.1) is 12.4 Å². The van der Waals surface area contributed by atoms with Gasteiger partial charge >= 0.3 is 0 Å². The maximum atomic E-state index is 13.4. The lowest BCUT2D eigenvalue weighted by Crippen LogP contribution is -2.54. The average Bonchev–Trinajstić information content (AvgIpc) is 2.23. The fraction of sp³-hybridized carbons (Fsp3) is 0.455. The largest absolute Gasteiger partial charge is 0.324 e. The highest BCUT2D eigenvalue weighted by molar-refractivity contribution is 7.89. The minimum Gasteiger partial charge on any atom is -0.324 e. The first kappa shape index (κ1) is 16.3. The first-order valence-electron chi connectivity index (χ1n) is 5.56. The molecule has 0 heterocycles. The zero-order valence-electron chi connectivity index (χ0n) is 10.0. The van der Waals surface area contributed by atoms with E-state index in [2.05, 4.69) is 4.72 Å². The molecule has 0 radical (unpaired) electrons. The molecule has 2 rings (SSSR count). The van der Waals surface area contributed by atoms with Gasteiger partial charge in [0.25, 0.3) is 0 Å². The predicted molar refractivity (Wildman–Crippen MR) is 69.6 cm³/mol. The molecule has 19 heavy (non-hydrogen) atoms. The number of nitrogens with two attached hydrogens (primary N) is 1. The number of hydrogen-bond donors (Lipinski definition) is 2. The van der Waals surface area contributed by atoms with Crippen molar-refractivity contribution in [3.05, 3.63) is 29.8 Å². The van der Waals surface area contributed by atoms with Crippen LogP contribution in [0.15, 0.2) is 23.1 Å². The van der Waals surface area contributed by atoms with E-state index in [4.69, 9.17) is 5.73 Å². The number of rotatable bonds is 4. The summed E-state index contributed by atoms with van der Waals surface area (Å²) >= 11 is 0. The second-order valence-electron chi connectivity index (χ2n) is 4.62. The molecule has 0 atom stereocenters. The molecule has 3 N–H and O–H groups in total. The molecule has 0 saturated heterocycles. The van der Waals surface area contributed by atoms with E-state index in [0.29, 0.717) is 6.07 Å². The second kappa shape index (κ2) is 5.70. The van der Waals surface area contributed by atoms with Crippen LogP contribution >= 0.6 is 12.4 Å². The number of hydrogen-bond acceptors (Lipinski definition) is 3. The minimum absolute atomic E-state index is 0. The molecule has 1 aromatic carbocycles. The van der Waals surface area contributed by atoms with Crippen LogP contribution in [0.3, 0.4) is 0 Å². The monoisotopic (exact) mass is 312 g/mol. The van der Waals surface area contributed by atoms with Crippen LogP contribution in [0.5, 0.6) is 0 Å². The first-order valence-corrected chi connectivity index (χ1v) is 7.04. The Morgan fingerprint density at radius 1 is 1.32 bits per heavy atom. The topological polar surface area (TPSA) is 72.2 Å². The fourth-order valence-electron chi connectivity index (χ4n) is 1.82. The van der Waals surface area contributed by atoms with Crippen molar-refractivity contribution in [1.82, 2.24) is 4.72 Å². The summed E-state index contributed by atoms with van der Waals surface area (Å²) in [6, 6.07) is 2.34. The van der Waals surface area contributed by atoms with Gasteiger partial charge in [0.15, 0.2) is 0 Å². The summed E-state index contributed by atoms with van der Waals surface area (Å²) in [5.41, 5.74) is 5.33. The number of sulfonamides is 1. The van der Waals surface area contributed by atoms with Gasteiger partial charge in [0.2, 0.25) is 10.0 Å². The van der Waals surface area contributed by atoms with Crippen molar-refractivity contribution < 1.29 is 17.2 Å². The van der Waals surface area contributed by atoms with Crippen LogP contribution < -0.4 is 10.5 Å². The fourth-order valence-corrected chi connectivity index (χ4v) is 3.01. The first-order chi connectivity index (χ1) is 8.32. The standard InChI is InChI=1S/C11H14F2N2O2S.ClH/c12-8-2-3-10(9(13)6-8)18(16,17)15-7-11(14)4-1-5-11;/h2-3,6,15H,1,4-5,7,14H2;1H. The molecule has 0 aliphatic heterocycles. The normalized spacial score (nSPS) is 17.4. The summed E-state index contributed by atoms with van der Waals surface area (Å²) in [6.45, 7) is 0.0617. The summed E-state index contributed by atoms with van der Waals surface area (Å²) in [4.78, 5) is -0.563. The highest BCUT2D eigenvalue weighted by Crippen LogP contribution is 2.28.